The highest BCUT2D eigenvalue weighted by Crippen LogP contribution is 2.16. The van der Waals surface area contributed by atoms with Crippen LogP contribution in [-0.2, 0) is 16.6 Å². The normalized spacial score (nSPS) is 19.3. The number of carbonyl (C=O) groups excluding carboxylic acids is 2. The number of morpholine rings is 1. The van der Waals surface area contributed by atoms with Crippen LogP contribution in [0.15, 0.2) is 6.20 Å². The second-order valence-corrected chi connectivity index (χ2v) is 4.28. The van der Waals surface area contributed by atoms with Gasteiger partial charge in [0.25, 0.3) is 5.91 Å². The number of hydrogen-bond acceptors (Lipinski definition) is 5. The molecule has 0 saturated carbocycles. The summed E-state index contributed by atoms with van der Waals surface area (Å²) in [6.45, 7) is 0.932. The molecule has 1 aliphatic heterocycles. The van der Waals surface area contributed by atoms with Crippen LogP contribution >= 0.6 is 0 Å². The Morgan fingerprint density at radius 3 is 2.89 bits per heavy atom. The molecule has 1 aromatic heterocycles. The van der Waals surface area contributed by atoms with Gasteiger partial charge in [-0.25, -0.2) is 0 Å². The first-order valence-electron chi connectivity index (χ1n) is 5.94. The Bertz CT molecular complexity index is 479. The molecular weight excluding hydrogens is 250 g/mol. The molecule has 0 spiro atoms. The number of rotatable bonds is 2. The average Bonchev–Trinajstić information content (AvgIpc) is 2.76. The number of nitrogens with one attached hydrogen (secondary N) is 1. The number of likely N-dealkylation sites (N-methyl/N-ethyl adjacent to an activating group) is 1. The first kappa shape index (κ1) is 13.3. The van der Waals surface area contributed by atoms with Gasteiger partial charge in [-0.1, -0.05) is 0 Å². The van der Waals surface area contributed by atoms with Crippen molar-refractivity contribution in [3.05, 3.63) is 11.9 Å². The number of aromatic nitrogens is 2. The zero-order chi connectivity index (χ0) is 14.0. The molecule has 1 saturated heterocycles. The topological polar surface area (TPSA) is 102 Å². The van der Waals surface area contributed by atoms with Crippen molar-refractivity contribution >= 4 is 17.5 Å². The maximum Gasteiger partial charge on any atom is 0.275 e. The van der Waals surface area contributed by atoms with Gasteiger partial charge in [-0.15, -0.1) is 0 Å². The van der Waals surface area contributed by atoms with E-state index in [1.165, 1.54) is 22.8 Å². The number of carbonyl (C=O) groups is 2. The number of anilines is 1. The van der Waals surface area contributed by atoms with Crippen LogP contribution in [0, 0.1) is 0 Å². The molecular formula is C11H17N5O3. The molecule has 1 fully saturated rings. The maximum absolute atomic E-state index is 12.5. The smallest absolute Gasteiger partial charge is 0.275 e. The lowest BCUT2D eigenvalue weighted by Crippen LogP contribution is -2.55. The Labute approximate surface area is 110 Å². The van der Waals surface area contributed by atoms with E-state index >= 15 is 0 Å². The van der Waals surface area contributed by atoms with E-state index < -0.39 is 6.04 Å². The first-order valence-corrected chi connectivity index (χ1v) is 5.94. The molecule has 8 heteroatoms. The average molecular weight is 267 g/mol. The highest BCUT2D eigenvalue weighted by atomic mass is 16.5. The van der Waals surface area contributed by atoms with Gasteiger partial charge in [-0.3, -0.25) is 14.3 Å². The number of nitrogen functional groups attached to an aromatic ring is 1. The summed E-state index contributed by atoms with van der Waals surface area (Å²) in [4.78, 5) is 25.7. The maximum atomic E-state index is 12.5. The van der Waals surface area contributed by atoms with Crippen LogP contribution in [0.4, 0.5) is 5.69 Å². The molecule has 1 unspecified atom stereocenters. The van der Waals surface area contributed by atoms with Crippen LogP contribution < -0.4 is 11.1 Å². The Morgan fingerprint density at radius 2 is 2.32 bits per heavy atom. The summed E-state index contributed by atoms with van der Waals surface area (Å²) in [5, 5.41) is 6.46. The van der Waals surface area contributed by atoms with E-state index in [0.717, 1.165) is 0 Å². The lowest BCUT2D eigenvalue weighted by molar-refractivity contribution is -0.130. The van der Waals surface area contributed by atoms with Crippen LogP contribution in [0.2, 0.25) is 0 Å². The van der Waals surface area contributed by atoms with Gasteiger partial charge in [0.2, 0.25) is 5.91 Å². The highest BCUT2D eigenvalue weighted by Gasteiger charge is 2.34. The first-order chi connectivity index (χ1) is 9.06. The van der Waals surface area contributed by atoms with E-state index in [2.05, 4.69) is 10.4 Å². The summed E-state index contributed by atoms with van der Waals surface area (Å²) in [6.07, 6.45) is 1.42. The van der Waals surface area contributed by atoms with Crippen LogP contribution in [0.5, 0.6) is 0 Å². The fourth-order valence-corrected chi connectivity index (χ4v) is 2.08. The van der Waals surface area contributed by atoms with Crippen molar-refractivity contribution in [2.24, 2.45) is 7.05 Å². The minimum Gasteiger partial charge on any atom is -0.396 e. The monoisotopic (exact) mass is 267 g/mol. The van der Waals surface area contributed by atoms with Crippen LogP contribution in [0.3, 0.4) is 0 Å². The predicted molar refractivity (Wildman–Crippen MR) is 67.3 cm³/mol. The molecule has 0 aliphatic carbocycles. The Kier molecular flexibility index (Phi) is 3.70. The van der Waals surface area contributed by atoms with E-state index in [-0.39, 0.29) is 24.1 Å². The third-order valence-electron chi connectivity index (χ3n) is 3.11. The van der Waals surface area contributed by atoms with E-state index in [1.54, 1.807) is 7.05 Å². The van der Waals surface area contributed by atoms with Gasteiger partial charge in [-0.05, 0) is 0 Å². The number of amides is 2. The summed E-state index contributed by atoms with van der Waals surface area (Å²) in [5.74, 6) is -0.566. The third-order valence-corrected chi connectivity index (χ3v) is 3.11. The lowest BCUT2D eigenvalue weighted by atomic mass is 10.2. The fraction of sp³-hybridized carbons (Fsp3) is 0.545. The fourth-order valence-electron chi connectivity index (χ4n) is 2.08. The summed E-state index contributed by atoms with van der Waals surface area (Å²) >= 11 is 0. The van der Waals surface area contributed by atoms with Crippen molar-refractivity contribution in [2.75, 3.05) is 32.5 Å². The molecule has 104 valence electrons. The number of nitrogens with zero attached hydrogens (tertiary/aromatic N) is 3. The Hall–Kier alpha value is -2.09. The quantitative estimate of drug-likeness (QED) is 0.685. The van der Waals surface area contributed by atoms with Crippen molar-refractivity contribution in [1.29, 1.82) is 0 Å². The zero-order valence-electron chi connectivity index (χ0n) is 10.9. The van der Waals surface area contributed by atoms with Gasteiger partial charge in [0.1, 0.15) is 11.7 Å². The standard InChI is InChI=1S/C11H17N5O3/c1-13-10(17)8-6-19-4-3-16(8)11(18)9-7(12)5-14-15(9)2/h5,8H,3-4,6,12H2,1-2H3,(H,13,17). The SMILES string of the molecule is CNC(=O)C1COCCN1C(=O)c1c(N)cnn1C. The largest absolute Gasteiger partial charge is 0.396 e. The van der Waals surface area contributed by atoms with Crippen molar-refractivity contribution in [2.45, 2.75) is 6.04 Å². The molecule has 2 amide bonds. The molecule has 19 heavy (non-hydrogen) atoms. The number of nitrogens with two attached hydrogens (primary N) is 1. The van der Waals surface area contributed by atoms with Gasteiger partial charge >= 0.3 is 0 Å². The Balaban J connectivity index is 2.28. The third kappa shape index (κ3) is 2.39. The number of ether oxygens (including phenoxy) is 1. The minimum atomic E-state index is -0.638. The molecule has 3 N–H and O–H groups in total. The van der Waals surface area contributed by atoms with E-state index in [0.29, 0.717) is 18.8 Å². The highest BCUT2D eigenvalue weighted by molar-refractivity contribution is 6.00. The van der Waals surface area contributed by atoms with E-state index in [9.17, 15) is 9.59 Å². The summed E-state index contributed by atoms with van der Waals surface area (Å²) < 4.78 is 6.67. The van der Waals surface area contributed by atoms with Gasteiger partial charge in [0, 0.05) is 20.6 Å². The summed E-state index contributed by atoms with van der Waals surface area (Å²) in [6, 6.07) is -0.638. The second-order valence-electron chi connectivity index (χ2n) is 4.28. The van der Waals surface area contributed by atoms with Crippen LogP contribution in [0.25, 0.3) is 0 Å². The molecule has 2 rings (SSSR count). The zero-order valence-corrected chi connectivity index (χ0v) is 10.9. The molecule has 1 aromatic rings. The minimum absolute atomic E-state index is 0.184. The number of aryl methyl sites for hydroxylation is 1. The molecule has 1 aliphatic rings. The molecule has 0 aromatic carbocycles. The van der Waals surface area contributed by atoms with Crippen molar-refractivity contribution in [3.8, 4) is 0 Å². The van der Waals surface area contributed by atoms with Gasteiger partial charge in [0.15, 0.2) is 0 Å². The molecule has 2 heterocycles. The molecule has 0 bridgehead atoms. The van der Waals surface area contributed by atoms with Gasteiger partial charge < -0.3 is 20.7 Å². The predicted octanol–water partition coefficient (Wildman–Crippen LogP) is -1.41. The van der Waals surface area contributed by atoms with Crippen molar-refractivity contribution < 1.29 is 14.3 Å². The van der Waals surface area contributed by atoms with E-state index in [4.69, 9.17) is 10.5 Å². The van der Waals surface area contributed by atoms with E-state index in [1.807, 2.05) is 0 Å². The molecule has 0 radical (unpaired) electrons. The van der Waals surface area contributed by atoms with Gasteiger partial charge in [0.05, 0.1) is 25.1 Å². The summed E-state index contributed by atoms with van der Waals surface area (Å²) in [7, 11) is 3.16. The van der Waals surface area contributed by atoms with Crippen LogP contribution in [-0.4, -0.2) is 59.3 Å². The lowest BCUT2D eigenvalue weighted by Gasteiger charge is -2.34. The summed E-state index contributed by atoms with van der Waals surface area (Å²) in [5.41, 5.74) is 6.33. The van der Waals surface area contributed by atoms with Gasteiger partial charge in [-0.2, -0.15) is 5.10 Å². The van der Waals surface area contributed by atoms with Crippen molar-refractivity contribution in [1.82, 2.24) is 20.0 Å². The Morgan fingerprint density at radius 1 is 1.58 bits per heavy atom. The molecule has 8 nitrogen and oxygen atoms in total. The van der Waals surface area contributed by atoms with Crippen LogP contribution in [0.1, 0.15) is 10.5 Å². The number of hydrogen-bond donors (Lipinski definition) is 2. The second kappa shape index (κ2) is 5.27. The molecule has 1 atom stereocenters. The van der Waals surface area contributed by atoms with Crippen molar-refractivity contribution in [3.63, 3.8) is 0 Å².